The van der Waals surface area contributed by atoms with Gasteiger partial charge in [-0.3, -0.25) is 0 Å². The molecule has 0 bridgehead atoms. The molecule has 3 heteroatoms. The first-order valence-electron chi connectivity index (χ1n) is 6.16. The lowest BCUT2D eigenvalue weighted by atomic mass is 9.95. The molecule has 1 N–H and O–H groups in total. The zero-order chi connectivity index (χ0) is 12.0. The molecule has 2 atom stereocenters. The standard InChI is InChI=1S/C13H22ClNS/c1-4-6-10(3)12(15-8-5-2)13-11(14)7-9-16-13/h7,9-10,12,15H,4-6,8H2,1-3H3. The van der Waals surface area contributed by atoms with Crippen molar-refractivity contribution in [3.05, 3.63) is 21.3 Å². The molecule has 0 aliphatic rings. The molecule has 0 saturated carbocycles. The first-order valence-corrected chi connectivity index (χ1v) is 7.42. The fraction of sp³-hybridized carbons (Fsp3) is 0.692. The molecule has 2 unspecified atom stereocenters. The predicted molar refractivity (Wildman–Crippen MR) is 74.4 cm³/mol. The Labute approximate surface area is 108 Å². The molecule has 0 aromatic carbocycles. The number of thiophene rings is 1. The highest BCUT2D eigenvalue weighted by Crippen LogP contribution is 2.34. The van der Waals surface area contributed by atoms with Gasteiger partial charge in [0, 0.05) is 10.9 Å². The van der Waals surface area contributed by atoms with Gasteiger partial charge in [-0.1, -0.05) is 38.8 Å². The zero-order valence-electron chi connectivity index (χ0n) is 10.4. The van der Waals surface area contributed by atoms with Gasteiger partial charge < -0.3 is 5.32 Å². The van der Waals surface area contributed by atoms with E-state index in [1.807, 2.05) is 6.07 Å². The van der Waals surface area contributed by atoms with Crippen LogP contribution < -0.4 is 5.32 Å². The maximum atomic E-state index is 6.23. The van der Waals surface area contributed by atoms with Gasteiger partial charge in [-0.05, 0) is 36.8 Å². The van der Waals surface area contributed by atoms with Gasteiger partial charge in [-0.15, -0.1) is 11.3 Å². The van der Waals surface area contributed by atoms with E-state index in [1.54, 1.807) is 11.3 Å². The van der Waals surface area contributed by atoms with Gasteiger partial charge in [0.15, 0.2) is 0 Å². The summed E-state index contributed by atoms with van der Waals surface area (Å²) in [5.74, 6) is 0.646. The second-order valence-corrected chi connectivity index (χ2v) is 5.69. The number of hydrogen-bond acceptors (Lipinski definition) is 2. The molecule has 0 saturated heterocycles. The van der Waals surface area contributed by atoms with Crippen LogP contribution in [0.5, 0.6) is 0 Å². The molecule has 1 aromatic heterocycles. The third-order valence-electron chi connectivity index (χ3n) is 2.85. The van der Waals surface area contributed by atoms with Crippen LogP contribution in [0.2, 0.25) is 5.02 Å². The van der Waals surface area contributed by atoms with Crippen molar-refractivity contribution >= 4 is 22.9 Å². The molecule has 1 nitrogen and oxygen atoms in total. The van der Waals surface area contributed by atoms with E-state index in [4.69, 9.17) is 11.6 Å². The largest absolute Gasteiger partial charge is 0.309 e. The highest BCUT2D eigenvalue weighted by molar-refractivity contribution is 7.10. The third kappa shape index (κ3) is 3.76. The quantitative estimate of drug-likeness (QED) is 0.736. The van der Waals surface area contributed by atoms with Gasteiger partial charge >= 0.3 is 0 Å². The Balaban J connectivity index is 2.74. The summed E-state index contributed by atoms with van der Waals surface area (Å²) in [6.07, 6.45) is 3.64. The van der Waals surface area contributed by atoms with E-state index in [-0.39, 0.29) is 0 Å². The summed E-state index contributed by atoms with van der Waals surface area (Å²) in [4.78, 5) is 1.30. The van der Waals surface area contributed by atoms with Crippen LogP contribution in [0.1, 0.15) is 51.0 Å². The fourth-order valence-electron chi connectivity index (χ4n) is 2.00. The highest BCUT2D eigenvalue weighted by atomic mass is 35.5. The summed E-state index contributed by atoms with van der Waals surface area (Å²) < 4.78 is 0. The topological polar surface area (TPSA) is 12.0 Å². The monoisotopic (exact) mass is 259 g/mol. The van der Waals surface area contributed by atoms with E-state index < -0.39 is 0 Å². The predicted octanol–water partition coefficient (Wildman–Crippen LogP) is 4.88. The van der Waals surface area contributed by atoms with Gasteiger partial charge in [-0.25, -0.2) is 0 Å². The van der Waals surface area contributed by atoms with Gasteiger partial charge in [-0.2, -0.15) is 0 Å². The van der Waals surface area contributed by atoms with Crippen molar-refractivity contribution in [1.82, 2.24) is 5.32 Å². The van der Waals surface area contributed by atoms with Crippen molar-refractivity contribution in [2.24, 2.45) is 5.92 Å². The molecule has 0 aliphatic carbocycles. The average Bonchev–Trinajstić information content (AvgIpc) is 2.66. The van der Waals surface area contributed by atoms with Crippen molar-refractivity contribution in [2.45, 2.75) is 46.1 Å². The van der Waals surface area contributed by atoms with Crippen LogP contribution in [0.3, 0.4) is 0 Å². The van der Waals surface area contributed by atoms with Crippen molar-refractivity contribution in [3.63, 3.8) is 0 Å². The first-order chi connectivity index (χ1) is 7.70. The van der Waals surface area contributed by atoms with Crippen molar-refractivity contribution in [2.75, 3.05) is 6.54 Å². The Morgan fingerprint density at radius 1 is 1.38 bits per heavy atom. The van der Waals surface area contributed by atoms with Crippen molar-refractivity contribution in [1.29, 1.82) is 0 Å². The van der Waals surface area contributed by atoms with Crippen LogP contribution >= 0.6 is 22.9 Å². The first kappa shape index (κ1) is 14.0. The molecule has 92 valence electrons. The number of rotatable bonds is 7. The Morgan fingerprint density at radius 3 is 2.62 bits per heavy atom. The Morgan fingerprint density at radius 2 is 2.12 bits per heavy atom. The molecular weight excluding hydrogens is 238 g/mol. The maximum Gasteiger partial charge on any atom is 0.0561 e. The van der Waals surface area contributed by atoms with E-state index in [9.17, 15) is 0 Å². The average molecular weight is 260 g/mol. The third-order valence-corrected chi connectivity index (χ3v) is 4.30. The van der Waals surface area contributed by atoms with E-state index in [0.717, 1.165) is 11.6 Å². The molecule has 0 aliphatic heterocycles. The van der Waals surface area contributed by atoms with Gasteiger partial charge in [0.25, 0.3) is 0 Å². The zero-order valence-corrected chi connectivity index (χ0v) is 12.0. The number of nitrogens with one attached hydrogen (secondary N) is 1. The molecule has 0 spiro atoms. The molecular formula is C13H22ClNS. The minimum absolute atomic E-state index is 0.424. The van der Waals surface area contributed by atoms with E-state index >= 15 is 0 Å². The highest BCUT2D eigenvalue weighted by Gasteiger charge is 2.21. The summed E-state index contributed by atoms with van der Waals surface area (Å²) >= 11 is 8.00. The minimum Gasteiger partial charge on any atom is -0.309 e. The van der Waals surface area contributed by atoms with Crippen molar-refractivity contribution in [3.8, 4) is 0 Å². The summed E-state index contributed by atoms with van der Waals surface area (Å²) in [6.45, 7) is 7.81. The minimum atomic E-state index is 0.424. The van der Waals surface area contributed by atoms with Gasteiger partial charge in [0.1, 0.15) is 0 Å². The molecule has 0 amide bonds. The van der Waals surface area contributed by atoms with Crippen LogP contribution in [-0.4, -0.2) is 6.54 Å². The Bertz CT molecular complexity index is 298. The number of hydrogen-bond donors (Lipinski definition) is 1. The van der Waals surface area contributed by atoms with Gasteiger partial charge in [0.05, 0.1) is 5.02 Å². The van der Waals surface area contributed by atoms with Crippen LogP contribution in [0.25, 0.3) is 0 Å². The summed E-state index contributed by atoms with van der Waals surface area (Å²) in [6, 6.07) is 2.42. The van der Waals surface area contributed by atoms with Crippen LogP contribution in [-0.2, 0) is 0 Å². The van der Waals surface area contributed by atoms with Gasteiger partial charge in [0.2, 0.25) is 0 Å². The van der Waals surface area contributed by atoms with E-state index in [2.05, 4.69) is 31.5 Å². The normalized spacial score (nSPS) is 15.0. The summed E-state index contributed by atoms with van der Waals surface area (Å²) in [5, 5.41) is 6.62. The fourth-order valence-corrected chi connectivity index (χ4v) is 3.38. The van der Waals surface area contributed by atoms with E-state index in [0.29, 0.717) is 12.0 Å². The maximum absolute atomic E-state index is 6.23. The smallest absolute Gasteiger partial charge is 0.0561 e. The second-order valence-electron chi connectivity index (χ2n) is 4.33. The lowest BCUT2D eigenvalue weighted by molar-refractivity contribution is 0.368. The molecule has 1 aromatic rings. The summed E-state index contributed by atoms with van der Waals surface area (Å²) in [5.41, 5.74) is 0. The molecule has 0 fully saturated rings. The summed E-state index contributed by atoms with van der Waals surface area (Å²) in [7, 11) is 0. The SMILES string of the molecule is CCCNC(c1sccc1Cl)C(C)CCC. The number of halogens is 1. The lowest BCUT2D eigenvalue weighted by Gasteiger charge is -2.24. The Kier molecular flexibility index (Phi) is 6.40. The second kappa shape index (κ2) is 7.31. The van der Waals surface area contributed by atoms with Crippen LogP contribution in [0.4, 0.5) is 0 Å². The van der Waals surface area contributed by atoms with Crippen molar-refractivity contribution < 1.29 is 0 Å². The molecule has 16 heavy (non-hydrogen) atoms. The lowest BCUT2D eigenvalue weighted by Crippen LogP contribution is -2.27. The Hall–Kier alpha value is -0.0500. The molecule has 0 radical (unpaired) electrons. The van der Waals surface area contributed by atoms with Crippen LogP contribution in [0.15, 0.2) is 11.4 Å². The molecule has 1 heterocycles. The molecule has 1 rings (SSSR count). The van der Waals surface area contributed by atoms with E-state index in [1.165, 1.54) is 24.1 Å². The van der Waals surface area contributed by atoms with Crippen LogP contribution in [0, 0.1) is 5.92 Å².